The molecule has 2 rings (SSSR count). The molecule has 0 atom stereocenters. The minimum atomic E-state index is -3.68. The molecular weight excluding hydrogens is 342 g/mol. The van der Waals surface area contributed by atoms with E-state index < -0.39 is 10.0 Å². The lowest BCUT2D eigenvalue weighted by molar-refractivity contribution is 0.601. The molecule has 1 aromatic carbocycles. The van der Waals surface area contributed by atoms with Crippen molar-refractivity contribution in [3.05, 3.63) is 46.2 Å². The van der Waals surface area contributed by atoms with E-state index in [0.29, 0.717) is 5.02 Å². The maximum Gasteiger partial charge on any atom is 0.264 e. The lowest BCUT2D eigenvalue weighted by Gasteiger charge is -2.06. The zero-order valence-corrected chi connectivity index (χ0v) is 12.0. The molecule has 0 aliphatic heterocycles. The van der Waals surface area contributed by atoms with E-state index in [2.05, 4.69) is 30.6 Å². The van der Waals surface area contributed by atoms with Gasteiger partial charge < -0.3 is 0 Å². The molecule has 0 aliphatic rings. The van der Waals surface area contributed by atoms with Crippen LogP contribution in [0.3, 0.4) is 0 Å². The average molecular weight is 349 g/mol. The second-order valence-electron chi connectivity index (χ2n) is 3.28. The molecule has 0 radical (unpaired) electrons. The number of sulfonamides is 1. The van der Waals surface area contributed by atoms with Crippen molar-refractivity contribution in [3.8, 4) is 0 Å². The normalized spacial score (nSPS) is 11.2. The van der Waals surface area contributed by atoms with Crippen LogP contribution >= 0.6 is 27.5 Å². The number of aromatic nitrogens is 2. The predicted molar refractivity (Wildman–Crippen MR) is 72.0 cm³/mol. The maximum absolute atomic E-state index is 12.0. The van der Waals surface area contributed by atoms with E-state index in [-0.39, 0.29) is 10.8 Å². The van der Waals surface area contributed by atoms with Crippen molar-refractivity contribution in [2.75, 3.05) is 4.72 Å². The highest BCUT2D eigenvalue weighted by molar-refractivity contribution is 9.10. The van der Waals surface area contributed by atoms with Crippen LogP contribution in [0.5, 0.6) is 0 Å². The number of rotatable bonds is 3. The molecule has 1 heterocycles. The van der Waals surface area contributed by atoms with Gasteiger partial charge in [0.15, 0.2) is 0 Å². The topological polar surface area (TPSA) is 72.0 Å². The number of halogens is 2. The van der Waals surface area contributed by atoms with Gasteiger partial charge in [-0.1, -0.05) is 27.5 Å². The Morgan fingerprint density at radius 1 is 1.11 bits per heavy atom. The van der Waals surface area contributed by atoms with Crippen LogP contribution in [0.25, 0.3) is 0 Å². The third-order valence-corrected chi connectivity index (χ3v) is 4.04. The summed E-state index contributed by atoms with van der Waals surface area (Å²) in [6.45, 7) is 0. The number of nitrogens with one attached hydrogen (secondary N) is 1. The van der Waals surface area contributed by atoms with Gasteiger partial charge in [-0.25, -0.2) is 23.1 Å². The van der Waals surface area contributed by atoms with E-state index in [1.165, 1.54) is 24.5 Å². The fourth-order valence-electron chi connectivity index (χ4n) is 1.16. The van der Waals surface area contributed by atoms with Crippen LogP contribution < -0.4 is 4.72 Å². The Labute approximate surface area is 117 Å². The molecule has 0 unspecified atom stereocenters. The molecule has 0 bridgehead atoms. The molecule has 8 heteroatoms. The van der Waals surface area contributed by atoms with E-state index in [1.54, 1.807) is 12.1 Å². The Balaban J connectivity index is 2.27. The van der Waals surface area contributed by atoms with Gasteiger partial charge in [0.05, 0.1) is 22.3 Å². The minimum Gasteiger partial charge on any atom is -0.247 e. The van der Waals surface area contributed by atoms with Crippen LogP contribution in [-0.4, -0.2) is 18.4 Å². The van der Waals surface area contributed by atoms with E-state index in [1.807, 2.05) is 0 Å². The van der Waals surface area contributed by atoms with Crippen LogP contribution in [0.4, 0.5) is 5.95 Å². The summed E-state index contributed by atoms with van der Waals surface area (Å²) in [7, 11) is -3.68. The first kappa shape index (κ1) is 13.3. The zero-order chi connectivity index (χ0) is 13.2. The summed E-state index contributed by atoms with van der Waals surface area (Å²) < 4.78 is 27.0. The second-order valence-corrected chi connectivity index (χ2v) is 6.32. The van der Waals surface area contributed by atoms with Gasteiger partial charge in [-0.15, -0.1) is 0 Å². The average Bonchev–Trinajstić information content (AvgIpc) is 2.32. The molecule has 2 aromatic rings. The lowest BCUT2D eigenvalue weighted by Crippen LogP contribution is -2.14. The van der Waals surface area contributed by atoms with Crippen molar-refractivity contribution in [2.45, 2.75) is 4.90 Å². The Hall–Kier alpha value is -1.18. The molecule has 94 valence electrons. The minimum absolute atomic E-state index is 0.0256. The molecule has 1 N–H and O–H groups in total. The van der Waals surface area contributed by atoms with Gasteiger partial charge in [-0.3, -0.25) is 0 Å². The van der Waals surface area contributed by atoms with Crippen molar-refractivity contribution in [1.29, 1.82) is 0 Å². The van der Waals surface area contributed by atoms with Crippen molar-refractivity contribution in [1.82, 2.24) is 9.97 Å². The van der Waals surface area contributed by atoms with Gasteiger partial charge in [-0.05, 0) is 24.3 Å². The summed E-state index contributed by atoms with van der Waals surface area (Å²) in [6.07, 6.45) is 2.63. The highest BCUT2D eigenvalue weighted by Crippen LogP contribution is 2.17. The first-order valence-electron chi connectivity index (χ1n) is 4.73. The number of benzene rings is 1. The van der Waals surface area contributed by atoms with Crippen LogP contribution in [-0.2, 0) is 10.0 Å². The van der Waals surface area contributed by atoms with Crippen molar-refractivity contribution in [3.63, 3.8) is 0 Å². The van der Waals surface area contributed by atoms with E-state index in [9.17, 15) is 8.42 Å². The zero-order valence-electron chi connectivity index (χ0n) is 8.84. The third-order valence-electron chi connectivity index (χ3n) is 1.97. The Morgan fingerprint density at radius 3 is 2.22 bits per heavy atom. The van der Waals surface area contributed by atoms with Gasteiger partial charge >= 0.3 is 0 Å². The first-order chi connectivity index (χ1) is 8.47. The Bertz CT molecular complexity index is 644. The highest BCUT2D eigenvalue weighted by Gasteiger charge is 2.15. The number of hydrogen-bond acceptors (Lipinski definition) is 4. The smallest absolute Gasteiger partial charge is 0.247 e. The summed E-state index contributed by atoms with van der Waals surface area (Å²) in [4.78, 5) is 7.66. The van der Waals surface area contributed by atoms with Crippen LogP contribution in [0, 0.1) is 0 Å². The summed E-state index contributed by atoms with van der Waals surface area (Å²) >= 11 is 8.84. The molecule has 0 saturated carbocycles. The Morgan fingerprint density at radius 2 is 1.67 bits per heavy atom. The van der Waals surface area contributed by atoms with E-state index >= 15 is 0 Å². The van der Waals surface area contributed by atoms with Crippen molar-refractivity contribution >= 4 is 43.5 Å². The molecule has 0 fully saturated rings. The predicted octanol–water partition coefficient (Wildman–Crippen LogP) is 2.69. The third kappa shape index (κ3) is 3.18. The number of anilines is 1. The standard InChI is InChI=1S/C10H7BrClN3O2S/c11-7-1-3-9(4-2-7)18(16,17)15-10-13-5-8(12)6-14-10/h1-6H,(H,13,14,15). The largest absolute Gasteiger partial charge is 0.264 e. The fraction of sp³-hybridized carbons (Fsp3) is 0. The van der Waals surface area contributed by atoms with Crippen LogP contribution in [0.15, 0.2) is 46.0 Å². The van der Waals surface area contributed by atoms with Crippen LogP contribution in [0.2, 0.25) is 5.02 Å². The molecule has 18 heavy (non-hydrogen) atoms. The van der Waals surface area contributed by atoms with Gasteiger partial charge in [-0.2, -0.15) is 0 Å². The molecular formula is C10H7BrClN3O2S. The SMILES string of the molecule is O=S(=O)(Nc1ncc(Cl)cn1)c1ccc(Br)cc1. The summed E-state index contributed by atoms with van der Waals surface area (Å²) in [6, 6.07) is 6.22. The molecule has 1 aromatic heterocycles. The first-order valence-corrected chi connectivity index (χ1v) is 7.39. The monoisotopic (exact) mass is 347 g/mol. The molecule has 0 spiro atoms. The lowest BCUT2D eigenvalue weighted by atomic mass is 10.4. The van der Waals surface area contributed by atoms with Gasteiger partial charge in [0.25, 0.3) is 10.0 Å². The van der Waals surface area contributed by atoms with Crippen molar-refractivity contribution in [2.24, 2.45) is 0 Å². The Kier molecular flexibility index (Phi) is 3.84. The summed E-state index contributed by atoms with van der Waals surface area (Å²) in [5, 5.41) is 0.335. The number of hydrogen-bond donors (Lipinski definition) is 1. The maximum atomic E-state index is 12.0. The second kappa shape index (κ2) is 5.21. The quantitative estimate of drug-likeness (QED) is 0.925. The summed E-state index contributed by atoms with van der Waals surface area (Å²) in [5.74, 6) is -0.0256. The van der Waals surface area contributed by atoms with E-state index in [4.69, 9.17) is 11.6 Å². The molecule has 0 saturated heterocycles. The highest BCUT2D eigenvalue weighted by atomic mass is 79.9. The van der Waals surface area contributed by atoms with Gasteiger partial charge in [0.2, 0.25) is 5.95 Å². The number of nitrogens with zero attached hydrogens (tertiary/aromatic N) is 2. The van der Waals surface area contributed by atoms with Gasteiger partial charge in [0, 0.05) is 4.47 Å². The summed E-state index contributed by atoms with van der Waals surface area (Å²) in [5.41, 5.74) is 0. The van der Waals surface area contributed by atoms with Crippen LogP contribution in [0.1, 0.15) is 0 Å². The van der Waals surface area contributed by atoms with Gasteiger partial charge in [0.1, 0.15) is 0 Å². The van der Waals surface area contributed by atoms with E-state index in [0.717, 1.165) is 4.47 Å². The molecule has 0 aliphatic carbocycles. The van der Waals surface area contributed by atoms with Crippen molar-refractivity contribution < 1.29 is 8.42 Å². The molecule has 5 nitrogen and oxygen atoms in total. The fourth-order valence-corrected chi connectivity index (χ4v) is 2.48. The molecule has 0 amide bonds.